The van der Waals surface area contributed by atoms with Crippen molar-refractivity contribution in [2.24, 2.45) is 0 Å². The molecule has 0 N–H and O–H groups in total. The van der Waals surface area contributed by atoms with E-state index >= 15 is 0 Å². The minimum atomic E-state index is -0.301. The molecule has 3 heterocycles. The Bertz CT molecular complexity index is 927. The minimum Gasteiger partial charge on any atom is -0.442 e. The molecule has 7 nitrogen and oxygen atoms in total. The molecule has 0 radical (unpaired) electrons. The second-order valence-electron chi connectivity index (χ2n) is 7.92. The number of hydrogen-bond acceptors (Lipinski definition) is 4. The first-order valence-electron chi connectivity index (χ1n) is 10.6. The van der Waals surface area contributed by atoms with Crippen molar-refractivity contribution >= 4 is 23.6 Å². The maximum atomic E-state index is 13.2. The van der Waals surface area contributed by atoms with Crippen LogP contribution in [0.2, 0.25) is 5.02 Å². The van der Waals surface area contributed by atoms with Crippen molar-refractivity contribution in [2.75, 3.05) is 26.2 Å². The lowest BCUT2D eigenvalue weighted by molar-refractivity contribution is 0.0524. The molecule has 2 aliphatic rings. The fourth-order valence-electron chi connectivity index (χ4n) is 4.16. The molecule has 2 aliphatic heterocycles. The van der Waals surface area contributed by atoms with Crippen molar-refractivity contribution in [3.63, 3.8) is 0 Å². The van der Waals surface area contributed by atoms with Crippen LogP contribution in [-0.4, -0.2) is 63.9 Å². The number of rotatable bonds is 7. The summed E-state index contributed by atoms with van der Waals surface area (Å²) >= 11 is 6.01. The van der Waals surface area contributed by atoms with Gasteiger partial charge in [0.2, 0.25) is 0 Å². The third-order valence-corrected chi connectivity index (χ3v) is 6.06. The highest BCUT2D eigenvalue weighted by molar-refractivity contribution is 6.30. The van der Waals surface area contributed by atoms with Crippen LogP contribution in [0.3, 0.4) is 0 Å². The van der Waals surface area contributed by atoms with Crippen LogP contribution in [0.1, 0.15) is 49.6 Å². The van der Waals surface area contributed by atoms with E-state index in [-0.39, 0.29) is 24.1 Å². The summed E-state index contributed by atoms with van der Waals surface area (Å²) in [5, 5.41) is 5.44. The Morgan fingerprint density at radius 1 is 1.13 bits per heavy atom. The molecule has 0 aliphatic carbocycles. The van der Waals surface area contributed by atoms with Gasteiger partial charge in [0.25, 0.3) is 5.91 Å². The summed E-state index contributed by atoms with van der Waals surface area (Å²) in [6.45, 7) is 6.20. The van der Waals surface area contributed by atoms with Gasteiger partial charge in [-0.2, -0.15) is 5.10 Å². The lowest BCUT2D eigenvalue weighted by Gasteiger charge is -2.34. The number of cyclic esters (lactones) is 1. The number of ether oxygens (including phenoxy) is 1. The van der Waals surface area contributed by atoms with Crippen LogP contribution < -0.4 is 0 Å². The van der Waals surface area contributed by atoms with Crippen LogP contribution in [0.25, 0.3) is 11.3 Å². The standard InChI is InChI=1S/C22H27ClN4O3/c1-3-5-6-17-12-26(14-18-13-25(4-2)22(29)30-18)21(28)20-11-19(24-27(17)20)15-7-9-16(23)10-8-15/h7-11,17-18H,3-6,12-14H2,1-2H3. The summed E-state index contributed by atoms with van der Waals surface area (Å²) in [5.74, 6) is -0.0681. The SMILES string of the molecule is CCCCC1CN(CC2CN(CC)C(=O)O2)C(=O)c2cc(-c3ccc(Cl)cc3)nn21. The van der Waals surface area contributed by atoms with Crippen LogP contribution in [0.5, 0.6) is 0 Å². The fourth-order valence-corrected chi connectivity index (χ4v) is 4.28. The van der Waals surface area contributed by atoms with E-state index in [9.17, 15) is 9.59 Å². The summed E-state index contributed by atoms with van der Waals surface area (Å²) < 4.78 is 7.35. The van der Waals surface area contributed by atoms with Crippen molar-refractivity contribution in [2.45, 2.75) is 45.3 Å². The van der Waals surface area contributed by atoms with Crippen molar-refractivity contribution < 1.29 is 14.3 Å². The van der Waals surface area contributed by atoms with E-state index in [4.69, 9.17) is 21.4 Å². The molecule has 2 amide bonds. The molecule has 1 fully saturated rings. The van der Waals surface area contributed by atoms with Gasteiger partial charge < -0.3 is 14.5 Å². The molecule has 160 valence electrons. The molecule has 1 aromatic carbocycles. The topological polar surface area (TPSA) is 67.7 Å². The smallest absolute Gasteiger partial charge is 0.410 e. The molecular weight excluding hydrogens is 404 g/mol. The summed E-state index contributed by atoms with van der Waals surface area (Å²) in [6, 6.07) is 9.44. The molecule has 2 atom stereocenters. The quantitative estimate of drug-likeness (QED) is 0.659. The van der Waals surface area contributed by atoms with Gasteiger partial charge in [0.15, 0.2) is 0 Å². The fraction of sp³-hybridized carbons (Fsp3) is 0.500. The lowest BCUT2D eigenvalue weighted by Crippen LogP contribution is -2.47. The van der Waals surface area contributed by atoms with E-state index in [1.54, 1.807) is 4.90 Å². The minimum absolute atomic E-state index is 0.0681. The number of aromatic nitrogens is 2. The van der Waals surface area contributed by atoms with Crippen LogP contribution >= 0.6 is 11.6 Å². The average molecular weight is 431 g/mol. The normalized spacial score (nSPS) is 21.2. The van der Waals surface area contributed by atoms with E-state index in [0.717, 1.165) is 30.5 Å². The van der Waals surface area contributed by atoms with Gasteiger partial charge in [-0.25, -0.2) is 4.79 Å². The Balaban J connectivity index is 1.59. The highest BCUT2D eigenvalue weighted by atomic mass is 35.5. The second-order valence-corrected chi connectivity index (χ2v) is 8.35. The Morgan fingerprint density at radius 2 is 1.90 bits per heavy atom. The van der Waals surface area contributed by atoms with Crippen molar-refractivity contribution in [3.8, 4) is 11.3 Å². The molecule has 0 spiro atoms. The number of halogens is 1. The summed E-state index contributed by atoms with van der Waals surface area (Å²) in [7, 11) is 0. The summed E-state index contributed by atoms with van der Waals surface area (Å²) in [4.78, 5) is 28.6. The predicted octanol–water partition coefficient (Wildman–Crippen LogP) is 4.23. The zero-order chi connectivity index (χ0) is 21.3. The van der Waals surface area contributed by atoms with Gasteiger partial charge in [-0.3, -0.25) is 9.48 Å². The molecule has 4 rings (SSSR count). The molecular formula is C22H27ClN4O3. The summed E-state index contributed by atoms with van der Waals surface area (Å²) in [5.41, 5.74) is 2.28. The van der Waals surface area contributed by atoms with E-state index < -0.39 is 0 Å². The first kappa shape index (κ1) is 20.7. The molecule has 30 heavy (non-hydrogen) atoms. The van der Waals surface area contributed by atoms with Gasteiger partial charge >= 0.3 is 6.09 Å². The number of hydrogen-bond donors (Lipinski definition) is 0. The highest BCUT2D eigenvalue weighted by Crippen LogP contribution is 2.30. The number of amides is 2. The van der Waals surface area contributed by atoms with Gasteiger partial charge in [0, 0.05) is 23.7 Å². The van der Waals surface area contributed by atoms with Crippen LogP contribution in [0, 0.1) is 0 Å². The second kappa shape index (κ2) is 8.68. The van der Waals surface area contributed by atoms with E-state index in [1.807, 2.05) is 46.8 Å². The van der Waals surface area contributed by atoms with Gasteiger partial charge in [-0.05, 0) is 31.5 Å². The van der Waals surface area contributed by atoms with E-state index in [0.29, 0.717) is 36.9 Å². The number of carbonyl (C=O) groups is 2. The third-order valence-electron chi connectivity index (χ3n) is 5.81. The Morgan fingerprint density at radius 3 is 2.57 bits per heavy atom. The Hall–Kier alpha value is -2.54. The van der Waals surface area contributed by atoms with Gasteiger partial charge in [-0.1, -0.05) is 43.5 Å². The van der Waals surface area contributed by atoms with E-state index in [1.165, 1.54) is 0 Å². The number of fused-ring (bicyclic) bond motifs is 1. The number of likely N-dealkylation sites (N-methyl/N-ethyl adjacent to an activating group) is 1. The monoisotopic (exact) mass is 430 g/mol. The van der Waals surface area contributed by atoms with Crippen molar-refractivity contribution in [1.82, 2.24) is 19.6 Å². The summed E-state index contributed by atoms with van der Waals surface area (Å²) in [6.07, 6.45) is 2.49. The van der Waals surface area contributed by atoms with Crippen LogP contribution in [0.15, 0.2) is 30.3 Å². The third kappa shape index (κ3) is 4.03. The predicted molar refractivity (Wildman–Crippen MR) is 115 cm³/mol. The average Bonchev–Trinajstić information content (AvgIpc) is 3.33. The largest absolute Gasteiger partial charge is 0.442 e. The zero-order valence-corrected chi connectivity index (χ0v) is 18.1. The maximum absolute atomic E-state index is 13.2. The van der Waals surface area contributed by atoms with Gasteiger partial charge in [0.05, 0.1) is 24.8 Å². The van der Waals surface area contributed by atoms with Crippen LogP contribution in [-0.2, 0) is 4.74 Å². The first-order valence-corrected chi connectivity index (χ1v) is 11.0. The van der Waals surface area contributed by atoms with E-state index in [2.05, 4.69) is 6.92 Å². The highest BCUT2D eigenvalue weighted by Gasteiger charge is 2.37. The molecule has 1 saturated heterocycles. The first-order chi connectivity index (χ1) is 14.5. The lowest BCUT2D eigenvalue weighted by atomic mass is 10.1. The van der Waals surface area contributed by atoms with Crippen LogP contribution in [0.4, 0.5) is 4.79 Å². The molecule has 0 bridgehead atoms. The van der Waals surface area contributed by atoms with Gasteiger partial charge in [0.1, 0.15) is 11.8 Å². The number of carbonyl (C=O) groups excluding carboxylic acids is 2. The maximum Gasteiger partial charge on any atom is 0.410 e. The number of nitrogens with zero attached hydrogens (tertiary/aromatic N) is 4. The molecule has 8 heteroatoms. The van der Waals surface area contributed by atoms with Crippen molar-refractivity contribution in [1.29, 1.82) is 0 Å². The molecule has 2 aromatic rings. The van der Waals surface area contributed by atoms with Crippen molar-refractivity contribution in [3.05, 3.63) is 41.0 Å². The zero-order valence-electron chi connectivity index (χ0n) is 17.4. The molecule has 0 saturated carbocycles. The Kier molecular flexibility index (Phi) is 5.99. The van der Waals surface area contributed by atoms with Gasteiger partial charge in [-0.15, -0.1) is 0 Å². The number of unbranched alkanes of at least 4 members (excludes halogenated alkanes) is 1. The number of benzene rings is 1. The Labute approximate surface area is 181 Å². The molecule has 1 aromatic heterocycles. The molecule has 2 unspecified atom stereocenters.